The molecule has 7 heteroatoms. The van der Waals surface area contributed by atoms with Gasteiger partial charge in [-0.1, -0.05) is 6.07 Å². The van der Waals surface area contributed by atoms with Gasteiger partial charge in [0.2, 0.25) is 6.04 Å². The normalized spacial score (nSPS) is 12.3. The van der Waals surface area contributed by atoms with Gasteiger partial charge >= 0.3 is 0 Å². The second-order valence-corrected chi connectivity index (χ2v) is 5.36. The van der Waals surface area contributed by atoms with E-state index >= 15 is 0 Å². The van der Waals surface area contributed by atoms with Gasteiger partial charge in [-0.3, -0.25) is 20.0 Å². The lowest BCUT2D eigenvalue weighted by Gasteiger charge is -2.19. The lowest BCUT2D eigenvalue weighted by Crippen LogP contribution is -2.50. The Hall–Kier alpha value is -3.62. The summed E-state index contributed by atoms with van der Waals surface area (Å²) in [6.07, 6.45) is 6.15. The van der Waals surface area contributed by atoms with Crippen LogP contribution in [0.5, 0.6) is 0 Å². The van der Waals surface area contributed by atoms with Gasteiger partial charge in [-0.05, 0) is 30.5 Å². The number of nitrogens with two attached hydrogens (primary N) is 1. The number of amides is 1. The summed E-state index contributed by atoms with van der Waals surface area (Å²) in [5, 5.41) is 16.8. The van der Waals surface area contributed by atoms with Crippen molar-refractivity contribution in [2.45, 2.75) is 18.9 Å². The van der Waals surface area contributed by atoms with Crippen LogP contribution in [-0.4, -0.2) is 22.5 Å². The maximum Gasteiger partial charge on any atom is 0.287 e. The number of pyridine rings is 2. The molecule has 0 radical (unpaired) electrons. The Labute approximate surface area is 144 Å². The molecule has 0 aliphatic rings. The van der Waals surface area contributed by atoms with Crippen molar-refractivity contribution in [1.82, 2.24) is 4.98 Å². The topological polar surface area (TPSA) is 125 Å². The smallest absolute Gasteiger partial charge is 0.287 e. The number of hydrogen-bond acceptors (Lipinski definition) is 5. The third-order valence-corrected chi connectivity index (χ3v) is 3.77. The van der Waals surface area contributed by atoms with E-state index in [-0.39, 0.29) is 11.4 Å². The Balaban J connectivity index is 2.68. The van der Waals surface area contributed by atoms with Crippen molar-refractivity contribution < 1.29 is 14.2 Å². The highest BCUT2D eigenvalue weighted by atomic mass is 16.1. The predicted octanol–water partition coefficient (Wildman–Crippen LogP) is 1.08. The van der Waals surface area contributed by atoms with Gasteiger partial charge in [0.05, 0.1) is 5.56 Å². The van der Waals surface area contributed by atoms with Gasteiger partial charge in [0, 0.05) is 18.5 Å². The second-order valence-electron chi connectivity index (χ2n) is 5.36. The minimum absolute atomic E-state index is 0.0578. The van der Waals surface area contributed by atoms with E-state index in [0.717, 1.165) is 0 Å². The minimum Gasteiger partial charge on any atom is -0.364 e. The molecule has 0 aliphatic heterocycles. The lowest BCUT2D eigenvalue weighted by molar-refractivity contribution is -0.711. The molecular formula is C18H16N5O2+. The van der Waals surface area contributed by atoms with Crippen LogP contribution in [0.3, 0.4) is 0 Å². The van der Waals surface area contributed by atoms with Gasteiger partial charge in [-0.15, -0.1) is 0 Å². The number of ketones is 1. The van der Waals surface area contributed by atoms with E-state index in [9.17, 15) is 14.9 Å². The fourth-order valence-electron chi connectivity index (χ4n) is 2.60. The number of aromatic nitrogens is 2. The molecule has 0 aromatic carbocycles. The van der Waals surface area contributed by atoms with E-state index < -0.39 is 17.9 Å². The molecule has 2 aromatic heterocycles. The molecule has 0 spiro atoms. The quantitative estimate of drug-likeness (QED) is 0.355. The van der Waals surface area contributed by atoms with Crippen LogP contribution >= 0.6 is 0 Å². The average Bonchev–Trinajstić information content (AvgIpc) is 2.62. The van der Waals surface area contributed by atoms with Crippen LogP contribution in [0.1, 0.15) is 34.8 Å². The molecule has 124 valence electrons. The van der Waals surface area contributed by atoms with E-state index in [1.54, 1.807) is 36.7 Å². The fourth-order valence-corrected chi connectivity index (χ4v) is 2.60. The molecule has 2 atom stereocenters. The van der Waals surface area contributed by atoms with Crippen molar-refractivity contribution in [3.63, 3.8) is 0 Å². The average molecular weight is 334 g/mol. The molecule has 1 amide bonds. The zero-order chi connectivity index (χ0) is 18.4. The van der Waals surface area contributed by atoms with Crippen LogP contribution in [0.4, 0.5) is 0 Å². The van der Waals surface area contributed by atoms with E-state index in [4.69, 9.17) is 11.1 Å². The number of primary amides is 1. The first-order valence-corrected chi connectivity index (χ1v) is 7.40. The van der Waals surface area contributed by atoms with Gasteiger partial charge in [0.1, 0.15) is 17.6 Å². The Morgan fingerprint density at radius 2 is 2.12 bits per heavy atom. The molecule has 2 unspecified atom stereocenters. The van der Waals surface area contributed by atoms with Crippen molar-refractivity contribution >= 4 is 17.6 Å². The van der Waals surface area contributed by atoms with E-state index in [2.05, 4.69) is 10.9 Å². The van der Waals surface area contributed by atoms with Crippen molar-refractivity contribution in [2.75, 3.05) is 0 Å². The summed E-state index contributed by atoms with van der Waals surface area (Å²) in [7, 11) is 0. The number of nitriles is 1. The van der Waals surface area contributed by atoms with Crippen LogP contribution in [-0.2, 0) is 4.79 Å². The maximum atomic E-state index is 12.2. The number of allylic oxidation sites excluding steroid dienone is 1. The summed E-state index contributed by atoms with van der Waals surface area (Å²) in [6.45, 7) is 1.41. The number of nitrogens with one attached hydrogen (secondary N) is 1. The Morgan fingerprint density at radius 3 is 2.64 bits per heavy atom. The van der Waals surface area contributed by atoms with Gasteiger partial charge in [-0.25, -0.2) is 0 Å². The second kappa shape index (κ2) is 7.77. The molecule has 2 heterocycles. The number of Topliss-reactive ketones (excluding diaryl/α,β-unsaturated/α-hetero) is 1. The largest absolute Gasteiger partial charge is 0.364 e. The third kappa shape index (κ3) is 3.83. The molecule has 25 heavy (non-hydrogen) atoms. The molecule has 3 N–H and O–H groups in total. The molecule has 2 rings (SSSR count). The summed E-state index contributed by atoms with van der Waals surface area (Å²) in [5.41, 5.74) is 6.49. The minimum atomic E-state index is -1.02. The molecular weight excluding hydrogens is 318 g/mol. The Kier molecular flexibility index (Phi) is 5.51. The maximum absolute atomic E-state index is 12.2. The summed E-state index contributed by atoms with van der Waals surface area (Å²) < 4.78 is 1.48. The van der Waals surface area contributed by atoms with Gasteiger partial charge in [0.15, 0.2) is 18.2 Å². The van der Waals surface area contributed by atoms with Crippen molar-refractivity contribution in [1.29, 1.82) is 10.7 Å². The number of carbonyl (C=O) groups excluding carboxylic acids is 2. The van der Waals surface area contributed by atoms with Gasteiger partial charge < -0.3 is 5.73 Å². The predicted molar refractivity (Wildman–Crippen MR) is 88.7 cm³/mol. The lowest BCUT2D eigenvalue weighted by atomic mass is 9.85. The van der Waals surface area contributed by atoms with Gasteiger partial charge in [-0.2, -0.15) is 9.83 Å². The molecule has 0 aliphatic carbocycles. The first-order valence-electron chi connectivity index (χ1n) is 7.40. The first kappa shape index (κ1) is 17.7. The standard InChI is InChI=1S/C18H15N5O2/c1-12(24)14-5-3-7-23(11-14)17(18(21)25)16(15(8-19)9-20)13-4-2-6-22-10-13/h2-7,10-11,16-17,19H,1H3,(H-,21,25)/p+1. The number of rotatable bonds is 6. The third-order valence-electron chi connectivity index (χ3n) is 3.77. The molecule has 2 aromatic rings. The Bertz CT molecular complexity index is 895. The number of hydrogen-bond donors (Lipinski definition) is 2. The van der Waals surface area contributed by atoms with Crippen molar-refractivity contribution in [2.24, 2.45) is 5.73 Å². The molecule has 0 saturated carbocycles. The summed E-state index contributed by atoms with van der Waals surface area (Å²) in [6, 6.07) is 7.47. The molecule has 0 fully saturated rings. The zero-order valence-electron chi connectivity index (χ0n) is 13.5. The van der Waals surface area contributed by atoms with Crippen LogP contribution in [0.25, 0.3) is 0 Å². The highest BCUT2D eigenvalue weighted by Gasteiger charge is 2.39. The zero-order valence-corrected chi connectivity index (χ0v) is 13.5. The van der Waals surface area contributed by atoms with Crippen LogP contribution in [0, 0.1) is 16.7 Å². The van der Waals surface area contributed by atoms with Crippen LogP contribution < -0.4 is 10.3 Å². The number of nitrogens with zero attached hydrogens (tertiary/aromatic N) is 3. The molecule has 0 saturated heterocycles. The monoisotopic (exact) mass is 334 g/mol. The number of carbonyl (C=O) groups is 2. The highest BCUT2D eigenvalue weighted by Crippen LogP contribution is 2.30. The Morgan fingerprint density at radius 1 is 1.36 bits per heavy atom. The summed E-state index contributed by atoms with van der Waals surface area (Å²) >= 11 is 0. The highest BCUT2D eigenvalue weighted by molar-refractivity contribution is 5.93. The van der Waals surface area contributed by atoms with E-state index in [0.29, 0.717) is 11.1 Å². The first-order chi connectivity index (χ1) is 12.0. The fraction of sp³-hybridized carbons (Fsp3) is 0.167. The summed E-state index contributed by atoms with van der Waals surface area (Å²) in [5.74, 6) is 0.362. The van der Waals surface area contributed by atoms with E-state index in [1.165, 1.54) is 23.9 Å². The van der Waals surface area contributed by atoms with Crippen LogP contribution in [0.2, 0.25) is 0 Å². The SMILES string of the molecule is CC(=O)c1ccc[n+](C(C(N)=O)C(C(=C=N)C#N)c2cccnc2)c1. The van der Waals surface area contributed by atoms with E-state index in [1.807, 2.05) is 6.07 Å². The summed E-state index contributed by atoms with van der Waals surface area (Å²) in [4.78, 5) is 27.9. The van der Waals surface area contributed by atoms with Crippen LogP contribution in [0.15, 0.2) is 54.6 Å². The molecule has 0 bridgehead atoms. The van der Waals surface area contributed by atoms with Gasteiger partial charge in [0.25, 0.3) is 5.91 Å². The molecule has 7 nitrogen and oxygen atoms in total. The van der Waals surface area contributed by atoms with Crippen molar-refractivity contribution in [3.05, 3.63) is 65.8 Å². The van der Waals surface area contributed by atoms with Crippen molar-refractivity contribution in [3.8, 4) is 6.07 Å².